The van der Waals surface area contributed by atoms with Gasteiger partial charge >= 0.3 is 0 Å². The van der Waals surface area contributed by atoms with Crippen LogP contribution in [0.4, 0.5) is 0 Å². The number of rotatable bonds is 0. The van der Waals surface area contributed by atoms with Gasteiger partial charge in [-0.25, -0.2) is 9.97 Å². The summed E-state index contributed by atoms with van der Waals surface area (Å²) in [4.78, 5) is 14.0. The van der Waals surface area contributed by atoms with E-state index in [4.69, 9.17) is 4.98 Å². The van der Waals surface area contributed by atoms with Crippen LogP contribution in [-0.2, 0) is 6.42 Å². The second-order valence-electron chi connectivity index (χ2n) is 7.37. The van der Waals surface area contributed by atoms with Crippen LogP contribution in [0.3, 0.4) is 0 Å². The lowest BCUT2D eigenvalue weighted by molar-refractivity contribution is 1.22. The Labute approximate surface area is 160 Å². The number of benzene rings is 2. The molecule has 0 fully saturated rings. The molecule has 0 aliphatic heterocycles. The van der Waals surface area contributed by atoms with Crippen molar-refractivity contribution in [3.8, 4) is 11.1 Å². The second kappa shape index (κ2) is 4.93. The van der Waals surface area contributed by atoms with Gasteiger partial charge < -0.3 is 0 Å². The number of hydrogen-bond acceptors (Lipinski definition) is 3. The van der Waals surface area contributed by atoms with Crippen molar-refractivity contribution in [1.29, 1.82) is 0 Å². The van der Waals surface area contributed by atoms with Gasteiger partial charge in [-0.2, -0.15) is 0 Å². The molecule has 0 atom stereocenters. The summed E-state index contributed by atoms with van der Waals surface area (Å²) < 4.78 is 2.17. The minimum Gasteiger partial charge on any atom is -0.274 e. The first-order valence-electron chi connectivity index (χ1n) is 9.43. The summed E-state index contributed by atoms with van der Waals surface area (Å²) in [7, 11) is 0. The van der Waals surface area contributed by atoms with Gasteiger partial charge in [0.1, 0.15) is 11.2 Å². The average Bonchev–Trinajstić information content (AvgIpc) is 3.32. The van der Waals surface area contributed by atoms with Crippen molar-refractivity contribution in [2.75, 3.05) is 0 Å². The Balaban J connectivity index is 1.84. The van der Waals surface area contributed by atoms with E-state index in [1.165, 1.54) is 38.4 Å². The summed E-state index contributed by atoms with van der Waals surface area (Å²) in [5.41, 5.74) is 9.15. The van der Waals surface area contributed by atoms with Crippen molar-refractivity contribution < 1.29 is 0 Å². The molecule has 130 valence electrons. The zero-order valence-corrected chi connectivity index (χ0v) is 14.9. The Hall–Kier alpha value is -3.79. The average molecular weight is 358 g/mol. The Bertz CT molecular complexity index is 1590. The highest BCUT2D eigenvalue weighted by Gasteiger charge is 2.24. The minimum atomic E-state index is 0.876. The molecular formula is C24H14N4. The highest BCUT2D eigenvalue weighted by molar-refractivity contribution is 6.19. The van der Waals surface area contributed by atoms with Crippen LogP contribution in [0.1, 0.15) is 11.1 Å². The van der Waals surface area contributed by atoms with Gasteiger partial charge in [-0.1, -0.05) is 36.4 Å². The van der Waals surface area contributed by atoms with Crippen LogP contribution in [0.5, 0.6) is 0 Å². The van der Waals surface area contributed by atoms with Gasteiger partial charge in [0.05, 0.1) is 11.7 Å². The zero-order valence-electron chi connectivity index (χ0n) is 14.9. The van der Waals surface area contributed by atoms with E-state index in [2.05, 4.69) is 56.8 Å². The van der Waals surface area contributed by atoms with Crippen LogP contribution in [0, 0.1) is 0 Å². The van der Waals surface area contributed by atoms with Gasteiger partial charge in [-0.05, 0) is 52.3 Å². The molecule has 0 unspecified atom stereocenters. The summed E-state index contributed by atoms with van der Waals surface area (Å²) in [5, 5.41) is 3.60. The van der Waals surface area contributed by atoms with Gasteiger partial charge in [-0.3, -0.25) is 9.38 Å². The molecule has 7 rings (SSSR count). The van der Waals surface area contributed by atoms with E-state index in [0.29, 0.717) is 0 Å². The van der Waals surface area contributed by atoms with E-state index in [1.807, 2.05) is 30.7 Å². The maximum atomic E-state index is 5.02. The van der Waals surface area contributed by atoms with Gasteiger partial charge in [0, 0.05) is 23.2 Å². The van der Waals surface area contributed by atoms with Crippen LogP contribution in [0.15, 0.2) is 73.2 Å². The molecule has 0 saturated carbocycles. The topological polar surface area (TPSA) is 43.1 Å². The molecule has 4 aromatic heterocycles. The molecular weight excluding hydrogens is 344 g/mol. The maximum absolute atomic E-state index is 5.02. The first kappa shape index (κ1) is 14.3. The second-order valence-corrected chi connectivity index (χ2v) is 7.37. The van der Waals surface area contributed by atoms with Crippen LogP contribution in [0.2, 0.25) is 0 Å². The molecule has 1 aliphatic carbocycles. The smallest absolute Gasteiger partial charge is 0.165 e. The molecule has 0 N–H and O–H groups in total. The predicted octanol–water partition coefficient (Wildman–Crippen LogP) is 5.16. The van der Waals surface area contributed by atoms with Gasteiger partial charge in [0.25, 0.3) is 0 Å². The monoisotopic (exact) mass is 358 g/mol. The third-order valence-corrected chi connectivity index (χ3v) is 5.93. The lowest BCUT2D eigenvalue weighted by Crippen LogP contribution is -1.95. The van der Waals surface area contributed by atoms with Crippen molar-refractivity contribution in [3.63, 3.8) is 0 Å². The van der Waals surface area contributed by atoms with Crippen LogP contribution >= 0.6 is 0 Å². The third kappa shape index (κ3) is 1.63. The van der Waals surface area contributed by atoms with Gasteiger partial charge in [0.2, 0.25) is 0 Å². The van der Waals surface area contributed by atoms with E-state index < -0.39 is 0 Å². The highest BCUT2D eigenvalue weighted by atomic mass is 15.1. The van der Waals surface area contributed by atoms with E-state index in [9.17, 15) is 0 Å². The quantitative estimate of drug-likeness (QED) is 0.352. The van der Waals surface area contributed by atoms with Crippen molar-refractivity contribution in [3.05, 3.63) is 84.3 Å². The van der Waals surface area contributed by atoms with E-state index in [0.717, 1.165) is 28.7 Å². The molecule has 4 heteroatoms. The molecule has 0 spiro atoms. The standard InChI is InChI=1S/C24H14N4/c1-2-5-16-14(4-1)12-15-7-8-18-17-9-11-25-13-20(17)28-23-19(6-3-10-26-23)27-24(28)22(18)21(15)16/h1-11,13H,12H2. The Morgan fingerprint density at radius 2 is 1.75 bits per heavy atom. The fraction of sp³-hybridized carbons (Fsp3) is 0.0417. The molecule has 4 nitrogen and oxygen atoms in total. The molecule has 2 aromatic carbocycles. The van der Waals surface area contributed by atoms with Crippen LogP contribution in [0.25, 0.3) is 49.6 Å². The van der Waals surface area contributed by atoms with E-state index in [-0.39, 0.29) is 0 Å². The number of pyridine rings is 3. The van der Waals surface area contributed by atoms with Gasteiger partial charge in [-0.15, -0.1) is 0 Å². The molecule has 28 heavy (non-hydrogen) atoms. The summed E-state index contributed by atoms with van der Waals surface area (Å²) in [6.07, 6.45) is 6.58. The summed E-state index contributed by atoms with van der Waals surface area (Å²) >= 11 is 0. The van der Waals surface area contributed by atoms with Crippen molar-refractivity contribution in [1.82, 2.24) is 19.4 Å². The Kier molecular flexibility index (Phi) is 2.51. The van der Waals surface area contributed by atoms with Crippen LogP contribution < -0.4 is 0 Å². The van der Waals surface area contributed by atoms with Crippen LogP contribution in [-0.4, -0.2) is 19.4 Å². The minimum absolute atomic E-state index is 0.876. The number of hydrogen-bond donors (Lipinski definition) is 0. The fourth-order valence-corrected chi connectivity index (χ4v) is 4.78. The molecule has 0 radical (unpaired) electrons. The van der Waals surface area contributed by atoms with E-state index in [1.54, 1.807) is 0 Å². The number of imidazole rings is 1. The maximum Gasteiger partial charge on any atom is 0.165 e. The first-order chi connectivity index (χ1) is 13.9. The predicted molar refractivity (Wildman–Crippen MR) is 112 cm³/mol. The SMILES string of the molecule is c1ccc2c(c1)Cc1ccc3c4ccncc4n4c5ncccc5nc4c3c1-2. The first-order valence-corrected chi connectivity index (χ1v) is 9.43. The summed E-state index contributed by atoms with van der Waals surface area (Å²) in [6, 6.07) is 19.3. The Morgan fingerprint density at radius 3 is 2.75 bits per heavy atom. The molecule has 6 aromatic rings. The molecule has 0 bridgehead atoms. The summed E-state index contributed by atoms with van der Waals surface area (Å²) in [6.45, 7) is 0. The van der Waals surface area contributed by atoms with Crippen molar-refractivity contribution in [2.24, 2.45) is 0 Å². The molecule has 0 amide bonds. The highest BCUT2D eigenvalue weighted by Crippen LogP contribution is 2.44. The molecule has 1 aliphatic rings. The van der Waals surface area contributed by atoms with Crippen molar-refractivity contribution >= 4 is 38.5 Å². The molecule has 0 saturated heterocycles. The number of nitrogens with zero attached hydrogens (tertiary/aromatic N) is 4. The molecule has 4 heterocycles. The number of fused-ring (bicyclic) bond motifs is 12. The zero-order chi connectivity index (χ0) is 18.2. The lowest BCUT2D eigenvalue weighted by atomic mass is 9.96. The Morgan fingerprint density at radius 1 is 0.786 bits per heavy atom. The largest absolute Gasteiger partial charge is 0.274 e. The number of aromatic nitrogens is 4. The van der Waals surface area contributed by atoms with Crippen molar-refractivity contribution in [2.45, 2.75) is 6.42 Å². The third-order valence-electron chi connectivity index (χ3n) is 5.93. The van der Waals surface area contributed by atoms with Gasteiger partial charge in [0.15, 0.2) is 5.65 Å². The summed E-state index contributed by atoms with van der Waals surface area (Å²) in [5.74, 6) is 0. The van der Waals surface area contributed by atoms with E-state index >= 15 is 0 Å². The lowest BCUT2D eigenvalue weighted by Gasteiger charge is -2.12. The normalized spacial score (nSPS) is 12.9. The fourth-order valence-electron chi connectivity index (χ4n) is 4.78.